The molecule has 3 heteroatoms. The first-order valence-corrected chi connectivity index (χ1v) is 5.37. The van der Waals surface area contributed by atoms with Crippen molar-refractivity contribution in [3.8, 4) is 6.07 Å². The number of nitrogen functional groups attached to an aromatic ring is 1. The van der Waals surface area contributed by atoms with Crippen LogP contribution in [-0.2, 0) is 6.54 Å². The molecule has 0 unspecified atom stereocenters. The molecular weight excluding hydrogens is 210 g/mol. The molecule has 0 bridgehead atoms. The number of anilines is 2. The first kappa shape index (κ1) is 11.0. The first-order chi connectivity index (χ1) is 8.29. The highest BCUT2D eigenvalue weighted by atomic mass is 14.9. The lowest BCUT2D eigenvalue weighted by molar-refractivity contribution is 1.15. The summed E-state index contributed by atoms with van der Waals surface area (Å²) in [7, 11) is 0. The number of nitrogens with two attached hydrogens (primary N) is 1. The zero-order chi connectivity index (χ0) is 12.1. The van der Waals surface area contributed by atoms with E-state index in [0.29, 0.717) is 12.1 Å². The minimum Gasteiger partial charge on any atom is -0.398 e. The summed E-state index contributed by atoms with van der Waals surface area (Å²) in [5, 5.41) is 11.9. The van der Waals surface area contributed by atoms with Gasteiger partial charge in [-0.25, -0.2) is 0 Å². The van der Waals surface area contributed by atoms with Crippen LogP contribution in [0.1, 0.15) is 11.1 Å². The number of rotatable bonds is 3. The topological polar surface area (TPSA) is 61.8 Å². The van der Waals surface area contributed by atoms with Crippen LogP contribution in [-0.4, -0.2) is 0 Å². The smallest absolute Gasteiger partial charge is 0.0991 e. The second-order valence-corrected chi connectivity index (χ2v) is 3.74. The molecule has 0 aliphatic heterocycles. The molecule has 2 rings (SSSR count). The molecule has 0 fully saturated rings. The van der Waals surface area contributed by atoms with E-state index in [0.717, 1.165) is 16.9 Å². The summed E-state index contributed by atoms with van der Waals surface area (Å²) in [6, 6.07) is 17.2. The van der Waals surface area contributed by atoms with Gasteiger partial charge in [0.1, 0.15) is 0 Å². The number of para-hydroxylation sites is 1. The third-order valence-electron chi connectivity index (χ3n) is 2.55. The van der Waals surface area contributed by atoms with Gasteiger partial charge in [0.05, 0.1) is 11.6 Å². The van der Waals surface area contributed by atoms with E-state index >= 15 is 0 Å². The fourth-order valence-corrected chi connectivity index (χ4v) is 1.56. The maximum atomic E-state index is 8.69. The van der Waals surface area contributed by atoms with Crippen molar-refractivity contribution < 1.29 is 0 Å². The normalized spacial score (nSPS) is 9.59. The number of nitriles is 1. The third-order valence-corrected chi connectivity index (χ3v) is 2.55. The number of benzene rings is 2. The number of hydrogen-bond donors (Lipinski definition) is 2. The van der Waals surface area contributed by atoms with Crippen molar-refractivity contribution in [3.63, 3.8) is 0 Å². The summed E-state index contributed by atoms with van der Waals surface area (Å²) < 4.78 is 0. The molecule has 0 aliphatic rings. The Kier molecular flexibility index (Phi) is 3.27. The molecule has 0 spiro atoms. The van der Waals surface area contributed by atoms with Crippen LogP contribution in [0.4, 0.5) is 11.4 Å². The average Bonchev–Trinajstić information content (AvgIpc) is 2.38. The van der Waals surface area contributed by atoms with Gasteiger partial charge in [-0.3, -0.25) is 0 Å². The van der Waals surface area contributed by atoms with Crippen LogP contribution in [0, 0.1) is 11.3 Å². The van der Waals surface area contributed by atoms with Crippen molar-refractivity contribution in [2.75, 3.05) is 11.1 Å². The minimum absolute atomic E-state index is 0.662. The van der Waals surface area contributed by atoms with Gasteiger partial charge >= 0.3 is 0 Å². The molecule has 0 heterocycles. The molecule has 3 nitrogen and oxygen atoms in total. The summed E-state index contributed by atoms with van der Waals surface area (Å²) in [4.78, 5) is 0. The second-order valence-electron chi connectivity index (χ2n) is 3.74. The Morgan fingerprint density at radius 2 is 1.76 bits per heavy atom. The Morgan fingerprint density at radius 3 is 2.41 bits per heavy atom. The highest BCUT2D eigenvalue weighted by Gasteiger charge is 1.98. The Hall–Kier alpha value is -2.47. The molecule has 0 aromatic heterocycles. The largest absolute Gasteiger partial charge is 0.398 e. The molecule has 17 heavy (non-hydrogen) atoms. The van der Waals surface area contributed by atoms with Crippen molar-refractivity contribution in [1.29, 1.82) is 5.26 Å². The van der Waals surface area contributed by atoms with Crippen LogP contribution in [0.25, 0.3) is 0 Å². The van der Waals surface area contributed by atoms with Crippen molar-refractivity contribution in [1.82, 2.24) is 0 Å². The van der Waals surface area contributed by atoms with E-state index in [-0.39, 0.29) is 0 Å². The lowest BCUT2D eigenvalue weighted by Crippen LogP contribution is -2.02. The van der Waals surface area contributed by atoms with Gasteiger partial charge in [0.25, 0.3) is 0 Å². The molecule has 0 radical (unpaired) electrons. The maximum absolute atomic E-state index is 8.69. The number of nitrogens with one attached hydrogen (secondary N) is 1. The van der Waals surface area contributed by atoms with Gasteiger partial charge in [0, 0.05) is 17.9 Å². The predicted molar refractivity (Wildman–Crippen MR) is 69.3 cm³/mol. The van der Waals surface area contributed by atoms with Crippen LogP contribution in [0.5, 0.6) is 0 Å². The van der Waals surface area contributed by atoms with Crippen molar-refractivity contribution >= 4 is 11.4 Å². The van der Waals surface area contributed by atoms with Gasteiger partial charge in [-0.05, 0) is 35.9 Å². The Labute approximate surface area is 101 Å². The molecule has 0 amide bonds. The molecule has 0 aliphatic carbocycles. The van der Waals surface area contributed by atoms with Crippen LogP contribution in [0.3, 0.4) is 0 Å². The van der Waals surface area contributed by atoms with Crippen LogP contribution in [0.15, 0.2) is 48.5 Å². The number of hydrogen-bond acceptors (Lipinski definition) is 3. The van der Waals surface area contributed by atoms with Crippen LogP contribution in [0.2, 0.25) is 0 Å². The predicted octanol–water partition coefficient (Wildman–Crippen LogP) is 2.75. The van der Waals surface area contributed by atoms with Gasteiger partial charge in [-0.2, -0.15) is 5.26 Å². The summed E-state index contributed by atoms with van der Waals surface area (Å²) in [5.41, 5.74) is 9.34. The molecule has 0 saturated heterocycles. The molecule has 2 aromatic carbocycles. The lowest BCUT2D eigenvalue weighted by atomic mass is 10.1. The van der Waals surface area contributed by atoms with Crippen LogP contribution >= 0.6 is 0 Å². The van der Waals surface area contributed by atoms with Gasteiger partial charge < -0.3 is 11.1 Å². The SMILES string of the molecule is N#Cc1ccc(NCc2ccccc2N)cc1. The number of nitrogens with zero attached hydrogens (tertiary/aromatic N) is 1. The van der Waals surface area contributed by atoms with E-state index in [1.54, 1.807) is 12.1 Å². The summed E-state index contributed by atoms with van der Waals surface area (Å²) in [5.74, 6) is 0. The highest BCUT2D eigenvalue weighted by Crippen LogP contribution is 2.14. The summed E-state index contributed by atoms with van der Waals surface area (Å²) >= 11 is 0. The first-order valence-electron chi connectivity index (χ1n) is 5.37. The molecule has 84 valence electrons. The zero-order valence-corrected chi connectivity index (χ0v) is 9.35. The zero-order valence-electron chi connectivity index (χ0n) is 9.35. The average molecular weight is 223 g/mol. The molecule has 0 atom stereocenters. The minimum atomic E-state index is 0.662. The van der Waals surface area contributed by atoms with Crippen molar-refractivity contribution in [3.05, 3.63) is 59.7 Å². The Bertz CT molecular complexity index is 538. The van der Waals surface area contributed by atoms with Gasteiger partial charge in [0.15, 0.2) is 0 Å². The van der Waals surface area contributed by atoms with Crippen molar-refractivity contribution in [2.24, 2.45) is 0 Å². The van der Waals surface area contributed by atoms with Gasteiger partial charge in [0.2, 0.25) is 0 Å². The van der Waals surface area contributed by atoms with Gasteiger partial charge in [-0.15, -0.1) is 0 Å². The van der Waals surface area contributed by atoms with Crippen LogP contribution < -0.4 is 11.1 Å². The quantitative estimate of drug-likeness (QED) is 0.786. The fraction of sp³-hybridized carbons (Fsp3) is 0.0714. The van der Waals surface area contributed by atoms with E-state index in [2.05, 4.69) is 11.4 Å². The lowest BCUT2D eigenvalue weighted by Gasteiger charge is -2.08. The molecule has 0 saturated carbocycles. The van der Waals surface area contributed by atoms with Crippen molar-refractivity contribution in [2.45, 2.75) is 6.54 Å². The Balaban J connectivity index is 2.03. The monoisotopic (exact) mass is 223 g/mol. The second kappa shape index (κ2) is 5.04. The standard InChI is InChI=1S/C14H13N3/c15-9-11-5-7-13(8-6-11)17-10-12-3-1-2-4-14(12)16/h1-8,17H,10,16H2. The Morgan fingerprint density at radius 1 is 1.06 bits per heavy atom. The van der Waals surface area contributed by atoms with Gasteiger partial charge in [-0.1, -0.05) is 18.2 Å². The van der Waals surface area contributed by atoms with E-state index < -0.39 is 0 Å². The maximum Gasteiger partial charge on any atom is 0.0991 e. The summed E-state index contributed by atoms with van der Waals surface area (Å²) in [6.07, 6.45) is 0. The highest BCUT2D eigenvalue weighted by molar-refractivity contribution is 5.51. The van der Waals surface area contributed by atoms with E-state index in [1.165, 1.54) is 0 Å². The van der Waals surface area contributed by atoms with E-state index in [4.69, 9.17) is 11.0 Å². The van der Waals surface area contributed by atoms with E-state index in [9.17, 15) is 0 Å². The van der Waals surface area contributed by atoms with E-state index in [1.807, 2.05) is 36.4 Å². The summed E-state index contributed by atoms with van der Waals surface area (Å²) in [6.45, 7) is 0.679. The third kappa shape index (κ3) is 2.76. The molecule has 3 N–H and O–H groups in total. The fourth-order valence-electron chi connectivity index (χ4n) is 1.56. The molecular formula is C14H13N3. The molecule has 2 aromatic rings.